The molecule has 2 saturated carbocycles. The van der Waals surface area contributed by atoms with E-state index in [2.05, 4.69) is 31.5 Å². The Balaban J connectivity index is 1.04. The summed E-state index contributed by atoms with van der Waals surface area (Å²) < 4.78 is 10.7. The van der Waals surface area contributed by atoms with Crippen molar-refractivity contribution >= 4 is 29.0 Å². The van der Waals surface area contributed by atoms with Crippen LogP contribution in [-0.4, -0.2) is 48.4 Å². The molecule has 10 heteroatoms. The van der Waals surface area contributed by atoms with Gasteiger partial charge >= 0.3 is 0 Å². The summed E-state index contributed by atoms with van der Waals surface area (Å²) in [5.74, 6) is 3.92. The van der Waals surface area contributed by atoms with Gasteiger partial charge in [0.2, 0.25) is 5.91 Å². The summed E-state index contributed by atoms with van der Waals surface area (Å²) >= 11 is 6.42. The highest BCUT2D eigenvalue weighted by Gasteiger charge is 2.67. The summed E-state index contributed by atoms with van der Waals surface area (Å²) in [6.07, 6.45) is 5.83. The van der Waals surface area contributed by atoms with Crippen LogP contribution in [-0.2, 0) is 14.9 Å². The topological polar surface area (TPSA) is 109 Å². The summed E-state index contributed by atoms with van der Waals surface area (Å²) in [5.41, 5.74) is 8.60. The number of methoxy groups -OCH3 is 1. The van der Waals surface area contributed by atoms with Crippen LogP contribution in [0.25, 0.3) is 0 Å². The van der Waals surface area contributed by atoms with Gasteiger partial charge in [0.25, 0.3) is 0 Å². The number of nitrogens with zero attached hydrogens (tertiary/aromatic N) is 2. The molecule has 0 bridgehead atoms. The Morgan fingerprint density at radius 2 is 2.14 bits per heavy atom. The molecule has 184 valence electrons. The second kappa shape index (κ2) is 8.03. The van der Waals surface area contributed by atoms with E-state index in [9.17, 15) is 4.79 Å². The number of ether oxygens (including phenoxy) is 2. The Hall–Kier alpha value is -2.46. The fourth-order valence-corrected chi connectivity index (χ4v) is 6.87. The fourth-order valence-electron chi connectivity index (χ4n) is 6.73. The predicted molar refractivity (Wildman–Crippen MR) is 130 cm³/mol. The number of carbonyl (C=O) groups excluding carboxylic acids is 1. The van der Waals surface area contributed by atoms with E-state index in [0.717, 1.165) is 48.5 Å². The van der Waals surface area contributed by atoms with Crippen LogP contribution < -0.4 is 26.2 Å². The van der Waals surface area contributed by atoms with Gasteiger partial charge in [-0.1, -0.05) is 11.6 Å². The van der Waals surface area contributed by atoms with E-state index in [4.69, 9.17) is 21.1 Å². The molecule has 7 rings (SSSR count). The van der Waals surface area contributed by atoms with Gasteiger partial charge in [-0.25, -0.2) is 15.4 Å². The molecule has 35 heavy (non-hydrogen) atoms. The van der Waals surface area contributed by atoms with Crippen molar-refractivity contribution in [3.8, 4) is 5.75 Å². The molecule has 4 heterocycles. The highest BCUT2D eigenvalue weighted by Crippen LogP contribution is 2.65. The molecule has 1 spiro atoms. The van der Waals surface area contributed by atoms with Crippen LogP contribution in [0, 0.1) is 17.8 Å². The first-order valence-electron chi connectivity index (χ1n) is 12.4. The van der Waals surface area contributed by atoms with Gasteiger partial charge in [-0.15, -0.1) is 0 Å². The van der Waals surface area contributed by atoms with E-state index < -0.39 is 0 Å². The highest BCUT2D eigenvalue weighted by atomic mass is 35.5. The van der Waals surface area contributed by atoms with Crippen LogP contribution in [0.2, 0.25) is 5.02 Å². The van der Waals surface area contributed by atoms with Crippen LogP contribution >= 0.6 is 11.6 Å². The molecule has 5 aliphatic rings. The zero-order valence-corrected chi connectivity index (χ0v) is 20.3. The molecular weight excluding hydrogens is 468 g/mol. The highest BCUT2D eigenvalue weighted by molar-refractivity contribution is 6.32. The van der Waals surface area contributed by atoms with Crippen molar-refractivity contribution in [3.05, 3.63) is 40.8 Å². The zero-order valence-electron chi connectivity index (χ0n) is 19.5. The second-order valence-corrected chi connectivity index (χ2v) is 11.0. The number of rotatable bonds is 5. The van der Waals surface area contributed by atoms with Gasteiger partial charge in [0.1, 0.15) is 22.4 Å². The summed E-state index contributed by atoms with van der Waals surface area (Å²) in [4.78, 5) is 22.1. The van der Waals surface area contributed by atoms with Crippen molar-refractivity contribution in [1.82, 2.24) is 20.8 Å². The lowest BCUT2D eigenvalue weighted by atomic mass is 9.74. The number of fused-ring (bicyclic) bond motifs is 3. The van der Waals surface area contributed by atoms with Gasteiger partial charge in [-0.2, -0.15) is 0 Å². The maximum absolute atomic E-state index is 13.1. The smallest absolute Gasteiger partial charge is 0.235 e. The molecule has 6 atom stereocenters. The lowest BCUT2D eigenvalue weighted by Crippen LogP contribution is -2.39. The molecule has 0 radical (unpaired) electrons. The zero-order chi connectivity index (χ0) is 23.7. The van der Waals surface area contributed by atoms with Gasteiger partial charge in [-0.3, -0.25) is 10.2 Å². The van der Waals surface area contributed by atoms with Crippen LogP contribution in [0.1, 0.15) is 43.0 Å². The molecule has 1 amide bonds. The van der Waals surface area contributed by atoms with Crippen molar-refractivity contribution in [2.24, 2.45) is 17.8 Å². The number of anilines is 2. The molecular formula is C25H29ClN6O3. The third kappa shape index (κ3) is 3.36. The summed E-state index contributed by atoms with van der Waals surface area (Å²) in [7, 11) is 1.67. The van der Waals surface area contributed by atoms with Crippen molar-refractivity contribution in [3.63, 3.8) is 0 Å². The first-order valence-corrected chi connectivity index (χ1v) is 12.8. The van der Waals surface area contributed by atoms with Gasteiger partial charge < -0.3 is 20.1 Å². The van der Waals surface area contributed by atoms with Crippen LogP contribution in [0.3, 0.4) is 0 Å². The predicted octanol–water partition coefficient (Wildman–Crippen LogP) is 2.79. The minimum absolute atomic E-state index is 0.0340. The molecule has 4 unspecified atom stereocenters. The van der Waals surface area contributed by atoms with Crippen LogP contribution in [0.5, 0.6) is 5.75 Å². The number of aromatic nitrogens is 2. The summed E-state index contributed by atoms with van der Waals surface area (Å²) in [6.45, 7) is 1.32. The standard InChI is InChI=1S/C25H29ClN6O3/c1-34-14-3-5-19-16(7-14)25(24(33)28-19)8-17(25)12-2-4-15-20(6-12)31-32-22(15)30-23-18(26)9-27-21(29-23)13-10-35-11-13/h3,5,7,9,12-13,15,17,20,22,31-32H,2,4,6,8,10-11H2,1H3,(H,28,33)(H,27,29,30)/t12?,15?,17-,20?,22?,25-/m0/s1. The van der Waals surface area contributed by atoms with E-state index in [1.807, 2.05) is 18.2 Å². The van der Waals surface area contributed by atoms with Crippen molar-refractivity contribution < 1.29 is 14.3 Å². The quantitative estimate of drug-likeness (QED) is 0.500. The third-order valence-corrected chi connectivity index (χ3v) is 9.08. The summed E-state index contributed by atoms with van der Waals surface area (Å²) in [6, 6.07) is 6.25. The average Bonchev–Trinajstić information content (AvgIpc) is 3.38. The van der Waals surface area contributed by atoms with E-state index in [1.54, 1.807) is 13.3 Å². The molecule has 2 aromatic rings. The molecule has 2 saturated heterocycles. The summed E-state index contributed by atoms with van der Waals surface area (Å²) in [5, 5.41) is 7.15. The number of hydrogen-bond donors (Lipinski definition) is 4. The number of nitrogens with one attached hydrogen (secondary N) is 4. The lowest BCUT2D eigenvalue weighted by molar-refractivity contribution is -0.118. The number of carbonyl (C=O) groups is 1. The normalized spacial score (nSPS) is 35.3. The number of hydrogen-bond acceptors (Lipinski definition) is 8. The maximum atomic E-state index is 13.1. The molecule has 1 aromatic carbocycles. The van der Waals surface area contributed by atoms with Gasteiger partial charge in [0, 0.05) is 17.6 Å². The first-order chi connectivity index (χ1) is 17.1. The van der Waals surface area contributed by atoms with Crippen molar-refractivity contribution in [1.29, 1.82) is 0 Å². The van der Waals surface area contributed by atoms with Crippen LogP contribution in [0.15, 0.2) is 24.4 Å². The van der Waals surface area contributed by atoms with Gasteiger partial charge in [-0.05, 0) is 61.3 Å². The SMILES string of the molecule is COc1ccc2c(c1)[C@]1(C[C@H]1C1CCC3C(C1)NNC3Nc1nc(C3COC3)ncc1Cl)C(=O)N2. The Kier molecular flexibility index (Phi) is 5.00. The molecule has 3 aliphatic heterocycles. The van der Waals surface area contributed by atoms with Gasteiger partial charge in [0.15, 0.2) is 0 Å². The number of halogens is 1. The third-order valence-electron chi connectivity index (χ3n) is 8.80. The maximum Gasteiger partial charge on any atom is 0.235 e. The molecule has 9 nitrogen and oxygen atoms in total. The molecule has 1 aromatic heterocycles. The Labute approximate surface area is 208 Å². The number of hydrazine groups is 1. The Bertz CT molecular complexity index is 1190. The number of benzene rings is 1. The fraction of sp³-hybridized carbons (Fsp3) is 0.560. The molecule has 4 fully saturated rings. The Morgan fingerprint density at radius 3 is 2.94 bits per heavy atom. The number of amides is 1. The van der Waals surface area contributed by atoms with E-state index >= 15 is 0 Å². The second-order valence-electron chi connectivity index (χ2n) is 10.6. The average molecular weight is 497 g/mol. The monoisotopic (exact) mass is 496 g/mol. The minimum atomic E-state index is -0.388. The Morgan fingerprint density at radius 1 is 1.26 bits per heavy atom. The van der Waals surface area contributed by atoms with E-state index in [1.165, 1.54) is 0 Å². The largest absolute Gasteiger partial charge is 0.497 e. The molecule has 4 N–H and O–H groups in total. The van der Waals surface area contributed by atoms with Gasteiger partial charge in [0.05, 0.1) is 44.0 Å². The van der Waals surface area contributed by atoms with Crippen molar-refractivity contribution in [2.45, 2.75) is 49.2 Å². The molecule has 2 aliphatic carbocycles. The minimum Gasteiger partial charge on any atom is -0.497 e. The lowest BCUT2D eigenvalue weighted by Gasteiger charge is -2.34. The first kappa shape index (κ1) is 21.8. The van der Waals surface area contributed by atoms with E-state index in [-0.39, 0.29) is 23.4 Å². The van der Waals surface area contributed by atoms with Crippen LogP contribution in [0.4, 0.5) is 11.5 Å². The van der Waals surface area contributed by atoms with Crippen molar-refractivity contribution in [2.75, 3.05) is 31.0 Å². The van der Waals surface area contributed by atoms with E-state index in [0.29, 0.717) is 47.8 Å².